The normalized spacial score (nSPS) is 18.2. The molecule has 164 valence electrons. The molecule has 1 aliphatic carbocycles. The van der Waals surface area contributed by atoms with Gasteiger partial charge in [-0.1, -0.05) is 59.2 Å². The quantitative estimate of drug-likeness (QED) is 0.540. The molecular weight excluding hydrogens is 422 g/mol. The molecule has 2 aliphatic rings. The van der Waals surface area contributed by atoms with Crippen LogP contribution in [0.15, 0.2) is 71.3 Å². The largest absolute Gasteiger partial charge is 0.356 e. The van der Waals surface area contributed by atoms with Crippen molar-refractivity contribution in [2.75, 3.05) is 32.7 Å². The van der Waals surface area contributed by atoms with E-state index in [4.69, 9.17) is 16.1 Å². The van der Waals surface area contributed by atoms with Gasteiger partial charge in [0.2, 0.25) is 5.91 Å². The Morgan fingerprint density at radius 2 is 1.75 bits per heavy atom. The first-order valence-electron chi connectivity index (χ1n) is 11.1. The van der Waals surface area contributed by atoms with Crippen molar-refractivity contribution < 1.29 is 9.32 Å². The van der Waals surface area contributed by atoms with Gasteiger partial charge in [-0.15, -0.1) is 0 Å². The topological polar surface area (TPSA) is 49.6 Å². The van der Waals surface area contributed by atoms with Crippen molar-refractivity contribution in [2.24, 2.45) is 0 Å². The second-order valence-corrected chi connectivity index (χ2v) is 9.01. The van der Waals surface area contributed by atoms with Gasteiger partial charge < -0.3 is 9.42 Å². The summed E-state index contributed by atoms with van der Waals surface area (Å²) in [5.41, 5.74) is 2.36. The molecule has 0 atom stereocenters. The summed E-state index contributed by atoms with van der Waals surface area (Å²) in [6.07, 6.45) is 6.01. The van der Waals surface area contributed by atoms with E-state index in [0.29, 0.717) is 10.8 Å². The number of carbonyl (C=O) groups excluding carboxylic acids is 1. The van der Waals surface area contributed by atoms with Crippen LogP contribution >= 0.6 is 11.6 Å². The molecule has 0 N–H and O–H groups in total. The first kappa shape index (κ1) is 21.0. The fourth-order valence-electron chi connectivity index (χ4n) is 4.29. The SMILES string of the molecule is O=C(N1CCN(C/C=C/c2ccccc2)CC1)C1(c2cc(-c3ccc(Cl)cc3)on2)CC1. The van der Waals surface area contributed by atoms with Gasteiger partial charge in [0.15, 0.2) is 5.76 Å². The second-order valence-electron chi connectivity index (χ2n) is 8.57. The highest BCUT2D eigenvalue weighted by Crippen LogP contribution is 2.50. The molecule has 1 amide bonds. The van der Waals surface area contributed by atoms with Gasteiger partial charge in [0.25, 0.3) is 0 Å². The maximum Gasteiger partial charge on any atom is 0.235 e. The van der Waals surface area contributed by atoms with E-state index in [1.165, 1.54) is 5.56 Å². The molecule has 0 spiro atoms. The van der Waals surface area contributed by atoms with E-state index < -0.39 is 5.41 Å². The van der Waals surface area contributed by atoms with Crippen LogP contribution in [0.25, 0.3) is 17.4 Å². The molecule has 6 heteroatoms. The molecule has 2 fully saturated rings. The molecule has 3 aromatic rings. The molecule has 0 unspecified atom stereocenters. The van der Waals surface area contributed by atoms with Gasteiger partial charge in [-0.25, -0.2) is 0 Å². The third-order valence-corrected chi connectivity index (χ3v) is 6.67. The van der Waals surface area contributed by atoms with Crippen LogP contribution in [-0.4, -0.2) is 53.6 Å². The zero-order valence-electron chi connectivity index (χ0n) is 17.9. The number of carbonyl (C=O) groups is 1. The molecule has 0 radical (unpaired) electrons. The van der Waals surface area contributed by atoms with Crippen molar-refractivity contribution >= 4 is 23.6 Å². The van der Waals surface area contributed by atoms with Crippen LogP contribution < -0.4 is 0 Å². The van der Waals surface area contributed by atoms with Gasteiger partial charge in [0.05, 0.1) is 11.1 Å². The van der Waals surface area contributed by atoms with Crippen LogP contribution in [0.5, 0.6) is 0 Å². The van der Waals surface area contributed by atoms with Gasteiger partial charge in [-0.2, -0.15) is 0 Å². The van der Waals surface area contributed by atoms with Gasteiger partial charge >= 0.3 is 0 Å². The van der Waals surface area contributed by atoms with Crippen molar-refractivity contribution in [2.45, 2.75) is 18.3 Å². The van der Waals surface area contributed by atoms with Gasteiger partial charge in [-0.3, -0.25) is 9.69 Å². The average molecular weight is 448 g/mol. The van der Waals surface area contributed by atoms with Gasteiger partial charge in [0.1, 0.15) is 0 Å². The number of hydrogen-bond donors (Lipinski definition) is 0. The Balaban J connectivity index is 1.18. The van der Waals surface area contributed by atoms with E-state index in [-0.39, 0.29) is 5.91 Å². The highest BCUT2D eigenvalue weighted by Gasteiger charge is 2.55. The lowest BCUT2D eigenvalue weighted by molar-refractivity contribution is -0.135. The van der Waals surface area contributed by atoms with Crippen LogP contribution in [-0.2, 0) is 10.2 Å². The predicted molar refractivity (Wildman–Crippen MR) is 126 cm³/mol. The van der Waals surface area contributed by atoms with Gasteiger partial charge in [-0.05, 0) is 42.7 Å². The Bertz CT molecular complexity index is 1100. The third kappa shape index (κ3) is 4.36. The van der Waals surface area contributed by atoms with E-state index in [2.05, 4.69) is 34.3 Å². The second kappa shape index (κ2) is 8.93. The van der Waals surface area contributed by atoms with Crippen molar-refractivity contribution in [1.82, 2.24) is 15.0 Å². The lowest BCUT2D eigenvalue weighted by atomic mass is 9.99. The number of piperazine rings is 1. The molecule has 1 aromatic heterocycles. The fourth-order valence-corrected chi connectivity index (χ4v) is 4.42. The Morgan fingerprint density at radius 3 is 2.44 bits per heavy atom. The Hall–Kier alpha value is -2.89. The van der Waals surface area contributed by atoms with E-state index in [9.17, 15) is 4.79 Å². The number of aromatic nitrogens is 1. The molecule has 2 aromatic carbocycles. The molecule has 32 heavy (non-hydrogen) atoms. The molecule has 5 rings (SSSR count). The monoisotopic (exact) mass is 447 g/mol. The van der Waals surface area contributed by atoms with Crippen LogP contribution in [0.2, 0.25) is 5.02 Å². The van der Waals surface area contributed by atoms with Crippen molar-refractivity contribution in [3.8, 4) is 11.3 Å². The minimum absolute atomic E-state index is 0.188. The van der Waals surface area contributed by atoms with Crippen molar-refractivity contribution in [3.05, 3.63) is 83.0 Å². The van der Waals surface area contributed by atoms with E-state index >= 15 is 0 Å². The zero-order valence-corrected chi connectivity index (χ0v) is 18.7. The van der Waals surface area contributed by atoms with Crippen molar-refractivity contribution in [1.29, 1.82) is 0 Å². The first-order valence-corrected chi connectivity index (χ1v) is 11.5. The molecular formula is C26H26ClN3O2. The summed E-state index contributed by atoms with van der Waals surface area (Å²) in [4.78, 5) is 17.8. The summed E-state index contributed by atoms with van der Waals surface area (Å²) in [5.74, 6) is 0.860. The molecule has 1 saturated carbocycles. The lowest BCUT2D eigenvalue weighted by Gasteiger charge is -2.35. The summed E-state index contributed by atoms with van der Waals surface area (Å²) in [7, 11) is 0. The highest BCUT2D eigenvalue weighted by atomic mass is 35.5. The first-order chi connectivity index (χ1) is 15.6. The Labute approximate surface area is 193 Å². The molecule has 1 saturated heterocycles. The van der Waals surface area contributed by atoms with E-state index in [0.717, 1.165) is 56.8 Å². The number of halogens is 1. The number of rotatable bonds is 6. The summed E-state index contributed by atoms with van der Waals surface area (Å²) >= 11 is 5.98. The minimum atomic E-state index is -0.510. The average Bonchev–Trinajstić information content (AvgIpc) is 3.49. The maximum absolute atomic E-state index is 13.4. The Kier molecular flexibility index (Phi) is 5.85. The predicted octanol–water partition coefficient (Wildman–Crippen LogP) is 4.88. The van der Waals surface area contributed by atoms with E-state index in [1.54, 1.807) is 0 Å². The van der Waals surface area contributed by atoms with Crippen LogP contribution in [0.1, 0.15) is 24.1 Å². The van der Waals surface area contributed by atoms with Crippen LogP contribution in [0.3, 0.4) is 0 Å². The maximum atomic E-state index is 13.4. The summed E-state index contributed by atoms with van der Waals surface area (Å²) < 4.78 is 5.57. The summed E-state index contributed by atoms with van der Waals surface area (Å²) in [5, 5.41) is 4.95. The third-order valence-electron chi connectivity index (χ3n) is 6.42. The molecule has 5 nitrogen and oxygen atoms in total. The number of benzene rings is 2. The van der Waals surface area contributed by atoms with Gasteiger partial charge in [0, 0.05) is 49.4 Å². The summed E-state index contributed by atoms with van der Waals surface area (Å²) in [6.45, 7) is 4.17. The zero-order chi connectivity index (χ0) is 22.0. The standard InChI is InChI=1S/C26H26ClN3O2/c27-22-10-8-21(9-11-22)23-19-24(28-32-23)26(12-13-26)25(31)30-17-15-29(16-18-30)14-4-7-20-5-2-1-3-6-20/h1-11,19H,12-18H2/b7-4+. The minimum Gasteiger partial charge on any atom is -0.356 e. The highest BCUT2D eigenvalue weighted by molar-refractivity contribution is 6.30. The van der Waals surface area contributed by atoms with Crippen LogP contribution in [0.4, 0.5) is 0 Å². The number of hydrogen-bond acceptors (Lipinski definition) is 4. The Morgan fingerprint density at radius 1 is 1.03 bits per heavy atom. The lowest BCUT2D eigenvalue weighted by Crippen LogP contribution is -2.51. The molecule has 0 bridgehead atoms. The number of nitrogens with zero attached hydrogens (tertiary/aromatic N) is 3. The molecule has 2 heterocycles. The van der Waals surface area contributed by atoms with Crippen molar-refractivity contribution in [3.63, 3.8) is 0 Å². The van der Waals surface area contributed by atoms with Crippen LogP contribution in [0, 0.1) is 0 Å². The number of amides is 1. The smallest absolute Gasteiger partial charge is 0.235 e. The summed E-state index contributed by atoms with van der Waals surface area (Å²) in [6, 6.07) is 19.7. The molecule has 1 aliphatic heterocycles. The fraction of sp³-hybridized carbons (Fsp3) is 0.308. The van der Waals surface area contributed by atoms with E-state index in [1.807, 2.05) is 53.4 Å².